The molecule has 0 saturated heterocycles. The normalized spacial score (nSPS) is 18.8. The van der Waals surface area contributed by atoms with E-state index >= 15 is 0 Å². The van der Waals surface area contributed by atoms with Crippen molar-refractivity contribution in [2.45, 2.75) is 12.5 Å². The van der Waals surface area contributed by atoms with Gasteiger partial charge in [0.15, 0.2) is 0 Å². The molecule has 4 heterocycles. The first-order chi connectivity index (χ1) is 13.6. The van der Waals surface area contributed by atoms with Gasteiger partial charge >= 0.3 is 5.91 Å². The maximum absolute atomic E-state index is 12.6. The van der Waals surface area contributed by atoms with Crippen molar-refractivity contribution < 1.29 is 14.0 Å². The number of carbonyl (C=O) groups excluding carboxylic acids is 2. The first-order valence-electron chi connectivity index (χ1n) is 8.69. The van der Waals surface area contributed by atoms with Crippen LogP contribution in [0, 0.1) is 0 Å². The molecule has 0 fully saturated rings. The Morgan fingerprint density at radius 1 is 1.21 bits per heavy atom. The monoisotopic (exact) mass is 455 g/mol. The van der Waals surface area contributed by atoms with Crippen molar-refractivity contribution in [1.82, 2.24) is 5.01 Å². The lowest BCUT2D eigenvalue weighted by atomic mass is 10.1. The number of hydrogen-bond acceptors (Lipinski definition) is 6. The summed E-state index contributed by atoms with van der Waals surface area (Å²) >= 11 is 4.99. The SMILES string of the molecule is O=C1C(=O)N(CN2N=C(c3cccs3)CC2c2ccco2)c2ccc(Br)cc21. The summed E-state index contributed by atoms with van der Waals surface area (Å²) in [5.41, 5.74) is 1.97. The highest BCUT2D eigenvalue weighted by atomic mass is 79.9. The number of nitrogens with zero attached hydrogens (tertiary/aromatic N) is 3. The van der Waals surface area contributed by atoms with Crippen molar-refractivity contribution >= 4 is 50.4 Å². The van der Waals surface area contributed by atoms with Gasteiger partial charge < -0.3 is 4.42 Å². The van der Waals surface area contributed by atoms with Crippen LogP contribution in [-0.4, -0.2) is 29.1 Å². The topological polar surface area (TPSA) is 66.1 Å². The molecule has 0 N–H and O–H groups in total. The van der Waals surface area contributed by atoms with Crippen molar-refractivity contribution in [3.8, 4) is 0 Å². The van der Waals surface area contributed by atoms with Gasteiger partial charge in [-0.2, -0.15) is 5.10 Å². The zero-order valence-electron chi connectivity index (χ0n) is 14.5. The molecule has 2 aliphatic heterocycles. The maximum Gasteiger partial charge on any atom is 0.301 e. The van der Waals surface area contributed by atoms with Crippen LogP contribution in [0.25, 0.3) is 0 Å². The standard InChI is InChI=1S/C20H14BrN3O3S/c21-12-5-6-15-13(9-12)19(25)20(26)23(15)11-24-16(17-3-1-7-27-17)10-14(22-24)18-4-2-8-28-18/h1-9,16H,10-11H2. The molecule has 0 bridgehead atoms. The maximum atomic E-state index is 12.6. The van der Waals surface area contributed by atoms with E-state index < -0.39 is 11.7 Å². The Bertz CT molecular complexity index is 1090. The van der Waals surface area contributed by atoms with Gasteiger partial charge in [-0.1, -0.05) is 22.0 Å². The molecule has 3 aromatic rings. The first kappa shape index (κ1) is 17.4. The fraction of sp³-hybridized carbons (Fsp3) is 0.150. The zero-order chi connectivity index (χ0) is 19.3. The number of carbonyl (C=O) groups is 2. The molecule has 1 amide bonds. The number of hydrazone groups is 1. The van der Waals surface area contributed by atoms with Crippen LogP contribution < -0.4 is 4.90 Å². The second-order valence-electron chi connectivity index (χ2n) is 6.56. The first-order valence-corrected chi connectivity index (χ1v) is 10.4. The van der Waals surface area contributed by atoms with Gasteiger partial charge in [0, 0.05) is 10.9 Å². The summed E-state index contributed by atoms with van der Waals surface area (Å²) in [6.45, 7) is 0.180. The van der Waals surface area contributed by atoms with Crippen LogP contribution in [0.2, 0.25) is 0 Å². The van der Waals surface area contributed by atoms with Gasteiger partial charge in [0.25, 0.3) is 5.78 Å². The minimum absolute atomic E-state index is 0.130. The van der Waals surface area contributed by atoms with Gasteiger partial charge in [-0.15, -0.1) is 11.3 Å². The number of benzene rings is 1. The van der Waals surface area contributed by atoms with Crippen molar-refractivity contribution in [2.75, 3.05) is 11.6 Å². The van der Waals surface area contributed by atoms with Gasteiger partial charge in [-0.05, 0) is 41.8 Å². The minimum atomic E-state index is -0.536. The quantitative estimate of drug-likeness (QED) is 0.545. The number of hydrogen-bond donors (Lipinski definition) is 0. The average Bonchev–Trinajstić information content (AvgIpc) is 3.47. The van der Waals surface area contributed by atoms with Crippen molar-refractivity contribution in [3.05, 3.63) is 74.8 Å². The number of ketones is 1. The number of halogens is 1. The van der Waals surface area contributed by atoms with Crippen LogP contribution in [0.3, 0.4) is 0 Å². The van der Waals surface area contributed by atoms with E-state index in [0.717, 1.165) is 20.8 Å². The van der Waals surface area contributed by atoms with Crippen molar-refractivity contribution in [1.29, 1.82) is 0 Å². The molecule has 2 aromatic heterocycles. The summed E-state index contributed by atoms with van der Waals surface area (Å²) in [7, 11) is 0. The summed E-state index contributed by atoms with van der Waals surface area (Å²) in [6.07, 6.45) is 2.31. The smallest absolute Gasteiger partial charge is 0.301 e. The molecule has 8 heteroatoms. The van der Waals surface area contributed by atoms with E-state index in [1.165, 1.54) is 4.90 Å². The molecule has 5 rings (SSSR count). The van der Waals surface area contributed by atoms with Gasteiger partial charge in [0.2, 0.25) is 0 Å². The highest BCUT2D eigenvalue weighted by Crippen LogP contribution is 2.37. The van der Waals surface area contributed by atoms with Crippen LogP contribution in [-0.2, 0) is 4.79 Å². The Morgan fingerprint density at radius 2 is 2.11 bits per heavy atom. The Kier molecular flexibility index (Phi) is 4.17. The Hall–Kier alpha value is -2.71. The van der Waals surface area contributed by atoms with Crippen LogP contribution in [0.1, 0.15) is 33.5 Å². The van der Waals surface area contributed by atoms with E-state index in [9.17, 15) is 9.59 Å². The largest absolute Gasteiger partial charge is 0.467 e. The molecule has 140 valence electrons. The molecule has 1 atom stereocenters. The second kappa shape index (κ2) is 6.72. The minimum Gasteiger partial charge on any atom is -0.467 e. The van der Waals surface area contributed by atoms with E-state index in [1.807, 2.05) is 40.7 Å². The van der Waals surface area contributed by atoms with E-state index in [2.05, 4.69) is 15.9 Å². The van der Waals surface area contributed by atoms with Crippen LogP contribution in [0.5, 0.6) is 0 Å². The van der Waals surface area contributed by atoms with Crippen LogP contribution >= 0.6 is 27.3 Å². The van der Waals surface area contributed by atoms with Gasteiger partial charge in [-0.3, -0.25) is 19.5 Å². The molecular weight excluding hydrogens is 442 g/mol. The third kappa shape index (κ3) is 2.80. The molecular formula is C20H14BrN3O3S. The van der Waals surface area contributed by atoms with E-state index in [0.29, 0.717) is 17.7 Å². The Morgan fingerprint density at radius 3 is 2.86 bits per heavy atom. The van der Waals surface area contributed by atoms with E-state index in [4.69, 9.17) is 9.52 Å². The lowest BCUT2D eigenvalue weighted by Gasteiger charge is -2.27. The number of rotatable bonds is 4. The van der Waals surface area contributed by atoms with Crippen molar-refractivity contribution in [3.63, 3.8) is 0 Å². The molecule has 2 aliphatic rings. The average molecular weight is 456 g/mol. The highest BCUT2D eigenvalue weighted by molar-refractivity contribution is 9.10. The summed E-state index contributed by atoms with van der Waals surface area (Å²) in [4.78, 5) is 27.6. The third-order valence-corrected chi connectivity index (χ3v) is 6.30. The number of furan rings is 1. The zero-order valence-corrected chi connectivity index (χ0v) is 16.9. The molecule has 0 spiro atoms. The number of thiophene rings is 1. The fourth-order valence-corrected chi connectivity index (χ4v) is 4.65. The lowest BCUT2D eigenvalue weighted by Crippen LogP contribution is -2.39. The fourth-order valence-electron chi connectivity index (χ4n) is 3.56. The van der Waals surface area contributed by atoms with E-state index in [-0.39, 0.29) is 12.7 Å². The van der Waals surface area contributed by atoms with Gasteiger partial charge in [0.1, 0.15) is 18.5 Å². The molecule has 0 aliphatic carbocycles. The molecule has 1 unspecified atom stereocenters. The highest BCUT2D eigenvalue weighted by Gasteiger charge is 2.40. The number of amides is 1. The third-order valence-electron chi connectivity index (χ3n) is 4.89. The lowest BCUT2D eigenvalue weighted by molar-refractivity contribution is -0.114. The number of Topliss-reactive ketones (excluding diaryl/α,β-unsaturated/α-hetero) is 1. The summed E-state index contributed by atoms with van der Waals surface area (Å²) < 4.78 is 6.39. The predicted molar refractivity (Wildman–Crippen MR) is 110 cm³/mol. The second-order valence-corrected chi connectivity index (χ2v) is 8.43. The summed E-state index contributed by atoms with van der Waals surface area (Å²) in [5, 5.41) is 8.61. The Balaban J connectivity index is 1.50. The van der Waals surface area contributed by atoms with Gasteiger partial charge in [0.05, 0.1) is 28.1 Å². The van der Waals surface area contributed by atoms with E-state index in [1.54, 1.807) is 29.7 Å². The molecule has 0 radical (unpaired) electrons. The van der Waals surface area contributed by atoms with Crippen LogP contribution in [0.15, 0.2) is 68.1 Å². The van der Waals surface area contributed by atoms with Gasteiger partial charge in [-0.25, -0.2) is 0 Å². The van der Waals surface area contributed by atoms with Crippen molar-refractivity contribution in [2.24, 2.45) is 5.10 Å². The summed E-state index contributed by atoms with van der Waals surface area (Å²) in [5.74, 6) is -0.247. The molecule has 28 heavy (non-hydrogen) atoms. The Labute approximate surface area is 173 Å². The molecule has 0 saturated carbocycles. The van der Waals surface area contributed by atoms with Crippen LogP contribution in [0.4, 0.5) is 5.69 Å². The number of fused-ring (bicyclic) bond motifs is 1. The predicted octanol–water partition coefficient (Wildman–Crippen LogP) is 4.44. The molecule has 6 nitrogen and oxygen atoms in total. The molecule has 1 aromatic carbocycles. The number of anilines is 1. The summed E-state index contributed by atoms with van der Waals surface area (Å²) in [6, 6.07) is 12.9.